The van der Waals surface area contributed by atoms with Crippen LogP contribution in [0.15, 0.2) is 18.3 Å². The van der Waals surface area contributed by atoms with Gasteiger partial charge in [0.1, 0.15) is 0 Å². The van der Waals surface area contributed by atoms with Gasteiger partial charge in [0, 0.05) is 17.2 Å². The molecule has 0 unspecified atom stereocenters. The first-order valence-electron chi connectivity index (χ1n) is 6.17. The Kier molecular flexibility index (Phi) is 2.92. The lowest BCUT2D eigenvalue weighted by atomic mass is 9.62. The molecule has 1 aromatic heterocycles. The molecule has 0 aromatic carbocycles. The smallest absolute Gasteiger partial charge is 0.217 e. The van der Waals surface area contributed by atoms with E-state index >= 15 is 0 Å². The Morgan fingerprint density at radius 3 is 2.56 bits per heavy atom. The number of aromatic nitrogens is 1. The molecule has 0 spiro atoms. The largest absolute Gasteiger partial charge is 0.477 e. The van der Waals surface area contributed by atoms with Gasteiger partial charge in [-0.05, 0) is 24.3 Å². The van der Waals surface area contributed by atoms with Gasteiger partial charge in [-0.1, -0.05) is 33.8 Å². The zero-order chi connectivity index (χ0) is 11.8. The Hall–Kier alpha value is -1.05. The highest BCUT2D eigenvalue weighted by Gasteiger charge is 2.43. The van der Waals surface area contributed by atoms with Crippen molar-refractivity contribution in [2.45, 2.75) is 39.5 Å². The first-order valence-corrected chi connectivity index (χ1v) is 6.17. The molecule has 0 aliphatic carbocycles. The standard InChI is InChI=1S/C14H21NO/c1-10(2)14(11(3)4)7-9-16-13-12(14)6-5-8-15-13/h5-6,8,10-11H,7,9H2,1-4H3. The van der Waals surface area contributed by atoms with E-state index in [0.29, 0.717) is 11.8 Å². The fourth-order valence-electron chi connectivity index (χ4n) is 3.18. The molecule has 16 heavy (non-hydrogen) atoms. The maximum absolute atomic E-state index is 5.67. The molecule has 0 saturated heterocycles. The van der Waals surface area contributed by atoms with Crippen molar-refractivity contribution < 1.29 is 4.74 Å². The molecule has 2 heterocycles. The summed E-state index contributed by atoms with van der Waals surface area (Å²) >= 11 is 0. The molecular formula is C14H21NO. The zero-order valence-corrected chi connectivity index (χ0v) is 10.7. The maximum Gasteiger partial charge on any atom is 0.217 e. The molecule has 2 heteroatoms. The van der Waals surface area contributed by atoms with Crippen molar-refractivity contribution in [2.75, 3.05) is 6.61 Å². The lowest BCUT2D eigenvalue weighted by molar-refractivity contribution is 0.124. The summed E-state index contributed by atoms with van der Waals surface area (Å²) in [6.45, 7) is 10.0. The van der Waals surface area contributed by atoms with Crippen LogP contribution in [0.2, 0.25) is 0 Å². The van der Waals surface area contributed by atoms with Crippen molar-refractivity contribution in [3.8, 4) is 5.88 Å². The minimum atomic E-state index is 0.224. The minimum Gasteiger partial charge on any atom is -0.477 e. The highest BCUT2D eigenvalue weighted by Crippen LogP contribution is 2.47. The summed E-state index contributed by atoms with van der Waals surface area (Å²) < 4.78 is 5.67. The Labute approximate surface area is 98.0 Å². The number of hydrogen-bond donors (Lipinski definition) is 0. The van der Waals surface area contributed by atoms with Crippen LogP contribution >= 0.6 is 0 Å². The van der Waals surface area contributed by atoms with E-state index < -0.39 is 0 Å². The van der Waals surface area contributed by atoms with Gasteiger partial charge in [-0.2, -0.15) is 0 Å². The van der Waals surface area contributed by atoms with Gasteiger partial charge in [-0.15, -0.1) is 0 Å². The Morgan fingerprint density at radius 2 is 1.94 bits per heavy atom. The van der Waals surface area contributed by atoms with E-state index in [1.165, 1.54) is 5.56 Å². The molecule has 0 N–H and O–H groups in total. The predicted octanol–water partition coefficient (Wildman–Crippen LogP) is 3.41. The molecule has 1 aromatic rings. The van der Waals surface area contributed by atoms with Gasteiger partial charge in [-0.25, -0.2) is 4.98 Å². The lowest BCUT2D eigenvalue weighted by Crippen LogP contribution is -2.42. The third kappa shape index (κ3) is 1.51. The summed E-state index contributed by atoms with van der Waals surface area (Å²) in [6, 6.07) is 4.20. The molecule has 0 bridgehead atoms. The van der Waals surface area contributed by atoms with E-state index in [-0.39, 0.29) is 5.41 Å². The topological polar surface area (TPSA) is 22.1 Å². The highest BCUT2D eigenvalue weighted by atomic mass is 16.5. The van der Waals surface area contributed by atoms with Crippen LogP contribution in [0.4, 0.5) is 0 Å². The molecule has 88 valence electrons. The van der Waals surface area contributed by atoms with Gasteiger partial charge in [0.25, 0.3) is 0 Å². The molecule has 0 fully saturated rings. The average molecular weight is 219 g/mol. The van der Waals surface area contributed by atoms with Crippen LogP contribution in [0.3, 0.4) is 0 Å². The number of hydrogen-bond acceptors (Lipinski definition) is 2. The summed E-state index contributed by atoms with van der Waals surface area (Å²) in [5.41, 5.74) is 1.52. The fraction of sp³-hybridized carbons (Fsp3) is 0.643. The second-order valence-corrected chi connectivity index (χ2v) is 5.30. The van der Waals surface area contributed by atoms with Gasteiger partial charge in [-0.3, -0.25) is 0 Å². The second kappa shape index (κ2) is 4.08. The lowest BCUT2D eigenvalue weighted by Gasteiger charge is -2.44. The van der Waals surface area contributed by atoms with Gasteiger partial charge >= 0.3 is 0 Å². The summed E-state index contributed by atoms with van der Waals surface area (Å²) in [6.07, 6.45) is 2.91. The molecule has 0 amide bonds. The van der Waals surface area contributed by atoms with Crippen LogP contribution in [0.1, 0.15) is 39.7 Å². The van der Waals surface area contributed by atoms with Gasteiger partial charge in [0.2, 0.25) is 5.88 Å². The van der Waals surface area contributed by atoms with Crippen molar-refractivity contribution in [1.29, 1.82) is 0 Å². The zero-order valence-electron chi connectivity index (χ0n) is 10.7. The van der Waals surface area contributed by atoms with Crippen LogP contribution < -0.4 is 4.74 Å². The van der Waals surface area contributed by atoms with Crippen molar-refractivity contribution >= 4 is 0 Å². The first kappa shape index (κ1) is 11.4. The molecule has 2 nitrogen and oxygen atoms in total. The van der Waals surface area contributed by atoms with E-state index in [2.05, 4.69) is 38.7 Å². The second-order valence-electron chi connectivity index (χ2n) is 5.30. The number of pyridine rings is 1. The van der Waals surface area contributed by atoms with E-state index in [1.807, 2.05) is 12.3 Å². The highest BCUT2D eigenvalue weighted by molar-refractivity contribution is 5.37. The molecule has 2 rings (SSSR count). The van der Waals surface area contributed by atoms with Crippen molar-refractivity contribution in [3.63, 3.8) is 0 Å². The normalized spacial score (nSPS) is 18.4. The van der Waals surface area contributed by atoms with Crippen LogP contribution in [-0.4, -0.2) is 11.6 Å². The first-order chi connectivity index (χ1) is 7.59. The summed E-state index contributed by atoms with van der Waals surface area (Å²) in [5.74, 6) is 2.06. The quantitative estimate of drug-likeness (QED) is 0.760. The Morgan fingerprint density at radius 1 is 1.25 bits per heavy atom. The van der Waals surface area contributed by atoms with E-state index in [4.69, 9.17) is 4.74 Å². The third-order valence-corrected chi connectivity index (χ3v) is 4.09. The van der Waals surface area contributed by atoms with Crippen molar-refractivity contribution in [1.82, 2.24) is 4.98 Å². The number of fused-ring (bicyclic) bond motifs is 1. The van der Waals surface area contributed by atoms with Crippen LogP contribution in [-0.2, 0) is 5.41 Å². The molecule has 0 atom stereocenters. The summed E-state index contributed by atoms with van der Waals surface area (Å²) in [4.78, 5) is 4.36. The third-order valence-electron chi connectivity index (χ3n) is 4.09. The van der Waals surface area contributed by atoms with Crippen LogP contribution in [0.25, 0.3) is 0 Å². The predicted molar refractivity (Wildman–Crippen MR) is 65.7 cm³/mol. The summed E-state index contributed by atoms with van der Waals surface area (Å²) in [5, 5.41) is 0. The van der Waals surface area contributed by atoms with E-state index in [1.54, 1.807) is 0 Å². The monoisotopic (exact) mass is 219 g/mol. The summed E-state index contributed by atoms with van der Waals surface area (Å²) in [7, 11) is 0. The molecule has 0 radical (unpaired) electrons. The minimum absolute atomic E-state index is 0.224. The molecule has 1 aliphatic heterocycles. The number of nitrogens with zero attached hydrogens (tertiary/aromatic N) is 1. The maximum atomic E-state index is 5.67. The molecular weight excluding hydrogens is 198 g/mol. The van der Waals surface area contributed by atoms with Crippen LogP contribution in [0.5, 0.6) is 5.88 Å². The number of rotatable bonds is 2. The van der Waals surface area contributed by atoms with E-state index in [9.17, 15) is 0 Å². The van der Waals surface area contributed by atoms with Gasteiger partial charge in [0.15, 0.2) is 0 Å². The van der Waals surface area contributed by atoms with Crippen molar-refractivity contribution in [3.05, 3.63) is 23.9 Å². The Balaban J connectivity index is 2.57. The molecule has 0 saturated carbocycles. The molecule has 1 aliphatic rings. The fourth-order valence-corrected chi connectivity index (χ4v) is 3.18. The Bertz CT molecular complexity index is 363. The van der Waals surface area contributed by atoms with Gasteiger partial charge in [0.05, 0.1) is 6.61 Å². The van der Waals surface area contributed by atoms with Crippen LogP contribution in [0, 0.1) is 11.8 Å². The van der Waals surface area contributed by atoms with Gasteiger partial charge < -0.3 is 4.74 Å². The van der Waals surface area contributed by atoms with E-state index in [0.717, 1.165) is 18.9 Å². The number of ether oxygens (including phenoxy) is 1. The van der Waals surface area contributed by atoms with Crippen molar-refractivity contribution in [2.24, 2.45) is 11.8 Å². The SMILES string of the molecule is CC(C)C1(C(C)C)CCOc2ncccc21. The average Bonchev–Trinajstić information content (AvgIpc) is 2.27.